The topological polar surface area (TPSA) is 96.4 Å². The molecule has 2 aromatic heterocycles. The summed E-state index contributed by atoms with van der Waals surface area (Å²) in [7, 11) is -3.76. The molecule has 2 heterocycles. The summed E-state index contributed by atoms with van der Waals surface area (Å²) in [5, 5.41) is 9.00. The molecule has 0 bridgehead atoms. The molecule has 2 N–H and O–H groups in total. The van der Waals surface area contributed by atoms with E-state index >= 15 is 0 Å². The first-order valence-electron chi connectivity index (χ1n) is 4.67. The Morgan fingerprint density at radius 3 is 2.61 bits per heavy atom. The molecule has 0 atom stereocenters. The molecule has 2 rings (SSSR count). The number of nitrogens with one attached hydrogen (secondary N) is 1. The van der Waals surface area contributed by atoms with Gasteiger partial charge in [-0.2, -0.15) is 0 Å². The number of thiazole rings is 1. The maximum Gasteiger partial charge on any atom is 0.345 e. The number of rotatable bonds is 4. The van der Waals surface area contributed by atoms with Gasteiger partial charge in [0.1, 0.15) is 9.09 Å². The predicted octanol–water partition coefficient (Wildman–Crippen LogP) is 2.01. The lowest BCUT2D eigenvalue weighted by molar-refractivity contribution is 0.0702. The van der Waals surface area contributed by atoms with Crippen molar-refractivity contribution in [2.75, 3.05) is 4.72 Å². The number of aryl methyl sites for hydroxylation is 1. The lowest BCUT2D eigenvalue weighted by atomic mass is 10.5. The summed E-state index contributed by atoms with van der Waals surface area (Å²) in [6, 6.07) is 2.52. The summed E-state index contributed by atoms with van der Waals surface area (Å²) in [4.78, 5) is 15.4. The van der Waals surface area contributed by atoms with Crippen LogP contribution in [0.15, 0.2) is 22.5 Å². The highest BCUT2D eigenvalue weighted by atomic mass is 32.2. The zero-order valence-corrected chi connectivity index (χ0v) is 11.5. The van der Waals surface area contributed by atoms with Crippen LogP contribution in [0.25, 0.3) is 0 Å². The van der Waals surface area contributed by atoms with E-state index in [-0.39, 0.29) is 14.2 Å². The van der Waals surface area contributed by atoms with E-state index in [1.54, 1.807) is 6.20 Å². The van der Waals surface area contributed by atoms with Gasteiger partial charge in [0.2, 0.25) is 0 Å². The first kappa shape index (κ1) is 13.0. The highest BCUT2D eigenvalue weighted by Gasteiger charge is 2.20. The van der Waals surface area contributed by atoms with Gasteiger partial charge >= 0.3 is 5.97 Å². The summed E-state index contributed by atoms with van der Waals surface area (Å²) in [6.45, 7) is 1.81. The Balaban J connectivity index is 2.27. The largest absolute Gasteiger partial charge is 0.477 e. The molecule has 0 saturated carbocycles. The number of thiophene rings is 1. The van der Waals surface area contributed by atoms with Crippen LogP contribution in [0.1, 0.15) is 14.5 Å². The molecule has 0 aliphatic rings. The summed E-state index contributed by atoms with van der Waals surface area (Å²) < 4.78 is 26.1. The van der Waals surface area contributed by atoms with E-state index in [1.807, 2.05) is 6.92 Å². The van der Waals surface area contributed by atoms with Gasteiger partial charge in [-0.15, -0.1) is 22.7 Å². The molecule has 0 amide bonds. The Kier molecular flexibility index (Phi) is 3.37. The molecule has 0 saturated heterocycles. The van der Waals surface area contributed by atoms with Crippen LogP contribution in [-0.2, 0) is 10.0 Å². The van der Waals surface area contributed by atoms with E-state index in [1.165, 1.54) is 23.5 Å². The molecule has 0 radical (unpaired) electrons. The smallest absolute Gasteiger partial charge is 0.345 e. The van der Waals surface area contributed by atoms with E-state index in [2.05, 4.69) is 9.71 Å². The SMILES string of the molecule is Cc1cnc(NS(=O)(=O)c2ccc(C(=O)O)s2)s1. The van der Waals surface area contributed by atoms with Crippen molar-refractivity contribution in [1.29, 1.82) is 0 Å². The molecule has 2 aromatic rings. The van der Waals surface area contributed by atoms with Gasteiger partial charge in [-0.3, -0.25) is 4.72 Å². The van der Waals surface area contributed by atoms with Gasteiger partial charge in [-0.25, -0.2) is 18.2 Å². The maximum atomic E-state index is 11.9. The van der Waals surface area contributed by atoms with Gasteiger partial charge in [0, 0.05) is 11.1 Å². The Labute approximate surface area is 111 Å². The minimum absolute atomic E-state index is 0.0225. The second-order valence-corrected chi connectivity index (χ2v) is 7.53. The second-order valence-electron chi connectivity index (χ2n) is 3.31. The van der Waals surface area contributed by atoms with Crippen molar-refractivity contribution < 1.29 is 18.3 Å². The predicted molar refractivity (Wildman–Crippen MR) is 68.9 cm³/mol. The summed E-state index contributed by atoms with van der Waals surface area (Å²) in [6.07, 6.45) is 1.56. The molecule has 6 nitrogen and oxygen atoms in total. The molecule has 9 heteroatoms. The number of nitrogens with zero attached hydrogens (tertiary/aromatic N) is 1. The molecular weight excluding hydrogens is 296 g/mol. The number of carboxylic acid groups (broad SMARTS) is 1. The van der Waals surface area contributed by atoms with Crippen molar-refractivity contribution >= 4 is 43.8 Å². The summed E-state index contributed by atoms with van der Waals surface area (Å²) in [5.74, 6) is -1.15. The van der Waals surface area contributed by atoms with E-state index in [0.29, 0.717) is 11.3 Å². The molecule has 0 spiro atoms. The molecule has 96 valence electrons. The van der Waals surface area contributed by atoms with E-state index in [4.69, 9.17) is 5.11 Å². The summed E-state index contributed by atoms with van der Waals surface area (Å²) >= 11 is 1.91. The third-order valence-corrected chi connectivity index (χ3v) is 5.76. The highest BCUT2D eigenvalue weighted by molar-refractivity contribution is 7.94. The lowest BCUT2D eigenvalue weighted by Crippen LogP contribution is -2.11. The maximum absolute atomic E-state index is 11.9. The molecule has 0 unspecified atom stereocenters. The standard InChI is InChI=1S/C9H8N2O4S3/c1-5-4-10-9(16-5)11-18(14,15)7-3-2-6(17-7)8(12)13/h2-4H,1H3,(H,10,11)(H,12,13). The van der Waals surface area contributed by atoms with Crippen LogP contribution in [0.3, 0.4) is 0 Å². The van der Waals surface area contributed by atoms with Crippen LogP contribution in [0.4, 0.5) is 5.13 Å². The number of anilines is 1. The Bertz CT molecular complexity index is 686. The van der Waals surface area contributed by atoms with Crippen LogP contribution in [0.5, 0.6) is 0 Å². The van der Waals surface area contributed by atoms with Crippen molar-refractivity contribution in [2.24, 2.45) is 0 Å². The van der Waals surface area contributed by atoms with Crippen LogP contribution in [-0.4, -0.2) is 24.5 Å². The summed E-state index contributed by atoms with van der Waals surface area (Å²) in [5.41, 5.74) is 0. The fourth-order valence-electron chi connectivity index (χ4n) is 1.15. The monoisotopic (exact) mass is 304 g/mol. The average Bonchev–Trinajstić information content (AvgIpc) is 2.86. The van der Waals surface area contributed by atoms with Crippen molar-refractivity contribution in [2.45, 2.75) is 11.1 Å². The average molecular weight is 304 g/mol. The number of carboxylic acids is 1. The molecule has 0 aliphatic carbocycles. The van der Waals surface area contributed by atoms with Gasteiger partial charge in [0.15, 0.2) is 5.13 Å². The first-order chi connectivity index (χ1) is 8.38. The van der Waals surface area contributed by atoms with Gasteiger partial charge in [0.05, 0.1) is 0 Å². The van der Waals surface area contributed by atoms with Crippen molar-refractivity contribution in [3.8, 4) is 0 Å². The minimum atomic E-state index is -3.76. The molecule has 0 aliphatic heterocycles. The van der Waals surface area contributed by atoms with Crippen molar-refractivity contribution in [3.63, 3.8) is 0 Å². The van der Waals surface area contributed by atoms with Gasteiger partial charge in [0.25, 0.3) is 10.0 Å². The van der Waals surface area contributed by atoms with Gasteiger partial charge in [-0.05, 0) is 19.1 Å². The minimum Gasteiger partial charge on any atom is -0.477 e. The zero-order chi connectivity index (χ0) is 13.3. The molecular formula is C9H8N2O4S3. The van der Waals surface area contributed by atoms with Crippen molar-refractivity contribution in [1.82, 2.24) is 4.98 Å². The quantitative estimate of drug-likeness (QED) is 0.900. The van der Waals surface area contributed by atoms with Gasteiger partial charge < -0.3 is 5.11 Å². The van der Waals surface area contributed by atoms with Crippen LogP contribution >= 0.6 is 22.7 Å². The molecule has 0 fully saturated rings. The third-order valence-electron chi connectivity index (χ3n) is 1.90. The van der Waals surface area contributed by atoms with Crippen LogP contribution < -0.4 is 4.72 Å². The number of carbonyl (C=O) groups is 1. The van der Waals surface area contributed by atoms with E-state index < -0.39 is 16.0 Å². The number of sulfonamides is 1. The Hall–Kier alpha value is -1.45. The zero-order valence-electron chi connectivity index (χ0n) is 9.08. The molecule has 18 heavy (non-hydrogen) atoms. The van der Waals surface area contributed by atoms with Crippen LogP contribution in [0.2, 0.25) is 0 Å². The fourth-order valence-corrected chi connectivity index (χ4v) is 4.20. The normalized spacial score (nSPS) is 11.4. The Morgan fingerprint density at radius 2 is 2.11 bits per heavy atom. The second kappa shape index (κ2) is 4.67. The molecule has 0 aromatic carbocycles. The van der Waals surface area contributed by atoms with Crippen LogP contribution in [0, 0.1) is 6.92 Å². The third kappa shape index (κ3) is 2.68. The van der Waals surface area contributed by atoms with E-state index in [0.717, 1.165) is 4.88 Å². The Morgan fingerprint density at radius 1 is 1.39 bits per heavy atom. The first-order valence-corrected chi connectivity index (χ1v) is 7.78. The number of aromatic nitrogens is 1. The fraction of sp³-hybridized carbons (Fsp3) is 0.111. The van der Waals surface area contributed by atoms with Gasteiger partial charge in [-0.1, -0.05) is 0 Å². The van der Waals surface area contributed by atoms with Crippen molar-refractivity contribution in [3.05, 3.63) is 28.1 Å². The number of hydrogen-bond acceptors (Lipinski definition) is 6. The van der Waals surface area contributed by atoms with E-state index in [9.17, 15) is 13.2 Å². The lowest BCUT2D eigenvalue weighted by Gasteiger charge is -2.01. The number of hydrogen-bond donors (Lipinski definition) is 2. The highest BCUT2D eigenvalue weighted by Crippen LogP contribution is 2.25. The number of aromatic carboxylic acids is 1.